The zero-order valence-electron chi connectivity index (χ0n) is 15.9. The minimum atomic E-state index is -0.725. The van der Waals surface area contributed by atoms with Crippen molar-refractivity contribution in [3.05, 3.63) is 64.9 Å². The highest BCUT2D eigenvalue weighted by molar-refractivity contribution is 7.13. The Labute approximate surface area is 176 Å². The molecule has 6 nitrogen and oxygen atoms in total. The number of hydrogen-bond donors (Lipinski definition) is 3. The number of carbonyl (C=O) groups excluding carboxylic acids is 1. The Kier molecular flexibility index (Phi) is 6.12. The Morgan fingerprint density at radius 2 is 2.10 bits per heavy atom. The number of rotatable bonds is 6. The van der Waals surface area contributed by atoms with E-state index >= 15 is 0 Å². The summed E-state index contributed by atoms with van der Waals surface area (Å²) in [5, 5.41) is 16.9. The molecule has 0 radical (unpaired) electrons. The molecule has 30 heavy (non-hydrogen) atoms. The molecule has 0 bridgehead atoms. The zero-order valence-corrected chi connectivity index (χ0v) is 16.8. The largest absolute Gasteiger partial charge is 0.395 e. The van der Waals surface area contributed by atoms with E-state index in [9.17, 15) is 18.7 Å². The second kappa shape index (κ2) is 8.95. The van der Waals surface area contributed by atoms with E-state index in [1.54, 1.807) is 12.4 Å². The van der Waals surface area contributed by atoms with E-state index in [0.29, 0.717) is 11.6 Å². The molecule has 2 atom stereocenters. The molecule has 1 aliphatic heterocycles. The quantitative estimate of drug-likeness (QED) is 0.559. The van der Waals surface area contributed by atoms with Gasteiger partial charge >= 0.3 is 0 Å². The van der Waals surface area contributed by atoms with Gasteiger partial charge in [-0.3, -0.25) is 9.78 Å². The molecule has 1 aliphatic rings. The molecule has 4 rings (SSSR count). The van der Waals surface area contributed by atoms with Gasteiger partial charge in [0.1, 0.15) is 22.3 Å². The summed E-state index contributed by atoms with van der Waals surface area (Å²) in [6.45, 7) is 0.899. The molecule has 1 aromatic carbocycles. The fourth-order valence-corrected chi connectivity index (χ4v) is 4.45. The molecule has 1 fully saturated rings. The van der Waals surface area contributed by atoms with E-state index in [1.807, 2.05) is 6.07 Å². The number of pyridine rings is 1. The van der Waals surface area contributed by atoms with Crippen molar-refractivity contribution >= 4 is 22.9 Å². The summed E-state index contributed by atoms with van der Waals surface area (Å²) in [5.74, 6) is -1.58. The third kappa shape index (κ3) is 4.38. The van der Waals surface area contributed by atoms with Crippen molar-refractivity contribution in [3.8, 4) is 10.6 Å². The van der Waals surface area contributed by atoms with Crippen LogP contribution < -0.4 is 10.6 Å². The predicted octanol–water partition coefficient (Wildman–Crippen LogP) is 3.25. The Balaban J connectivity index is 1.49. The van der Waals surface area contributed by atoms with Crippen molar-refractivity contribution in [3.63, 3.8) is 0 Å². The molecule has 3 aromatic rings. The summed E-state index contributed by atoms with van der Waals surface area (Å²) in [6.07, 6.45) is 4.82. The van der Waals surface area contributed by atoms with Crippen LogP contribution in [0.1, 0.15) is 22.5 Å². The maximum atomic E-state index is 14.0. The lowest BCUT2D eigenvalue weighted by atomic mass is 9.96. The fourth-order valence-electron chi connectivity index (χ4n) is 3.60. The minimum Gasteiger partial charge on any atom is -0.395 e. The van der Waals surface area contributed by atoms with E-state index in [1.165, 1.54) is 11.4 Å². The van der Waals surface area contributed by atoms with Gasteiger partial charge < -0.3 is 15.7 Å². The van der Waals surface area contributed by atoms with Gasteiger partial charge in [-0.1, -0.05) is 6.07 Å². The number of nitrogens with zero attached hydrogens (tertiary/aromatic N) is 2. The van der Waals surface area contributed by atoms with Crippen molar-refractivity contribution in [2.45, 2.75) is 18.9 Å². The Morgan fingerprint density at radius 3 is 2.83 bits per heavy atom. The highest BCUT2D eigenvalue weighted by Gasteiger charge is 2.25. The van der Waals surface area contributed by atoms with Crippen LogP contribution >= 0.6 is 11.3 Å². The van der Waals surface area contributed by atoms with Crippen molar-refractivity contribution in [2.24, 2.45) is 5.92 Å². The third-order valence-corrected chi connectivity index (χ3v) is 5.97. The zero-order chi connectivity index (χ0) is 21.1. The first-order chi connectivity index (χ1) is 14.5. The van der Waals surface area contributed by atoms with Crippen LogP contribution in [0.4, 0.5) is 14.5 Å². The number of thiazole rings is 1. The summed E-state index contributed by atoms with van der Waals surface area (Å²) >= 11 is 1.00. The number of hydrogen-bond acceptors (Lipinski definition) is 6. The monoisotopic (exact) mass is 430 g/mol. The number of benzene rings is 1. The van der Waals surface area contributed by atoms with Crippen LogP contribution in [-0.2, 0) is 6.42 Å². The Bertz CT molecular complexity index is 1040. The molecule has 1 saturated heterocycles. The second-order valence-corrected chi connectivity index (χ2v) is 8.07. The molecule has 9 heteroatoms. The van der Waals surface area contributed by atoms with Crippen LogP contribution in [0.5, 0.6) is 0 Å². The number of carbonyl (C=O) groups is 1. The average Bonchev–Trinajstić information content (AvgIpc) is 3.39. The third-order valence-electron chi connectivity index (χ3n) is 5.12. The first-order valence-corrected chi connectivity index (χ1v) is 10.4. The van der Waals surface area contributed by atoms with Crippen LogP contribution in [0.15, 0.2) is 42.0 Å². The number of anilines is 1. The van der Waals surface area contributed by atoms with E-state index in [0.717, 1.165) is 48.4 Å². The molecule has 0 aliphatic carbocycles. The summed E-state index contributed by atoms with van der Waals surface area (Å²) in [7, 11) is 0. The summed E-state index contributed by atoms with van der Waals surface area (Å²) in [6, 6.07) is 5.54. The fraction of sp³-hybridized carbons (Fsp3) is 0.286. The average molecular weight is 430 g/mol. The number of aliphatic hydroxyl groups excluding tert-OH is 1. The van der Waals surface area contributed by atoms with E-state index in [4.69, 9.17) is 0 Å². The molecule has 0 saturated carbocycles. The van der Waals surface area contributed by atoms with Crippen molar-refractivity contribution < 1.29 is 18.7 Å². The highest BCUT2D eigenvalue weighted by Crippen LogP contribution is 2.29. The molecule has 3 heterocycles. The molecule has 156 valence electrons. The van der Waals surface area contributed by atoms with Gasteiger partial charge in [-0.15, -0.1) is 11.3 Å². The van der Waals surface area contributed by atoms with Crippen LogP contribution in [0.25, 0.3) is 10.6 Å². The molecule has 2 aromatic heterocycles. The van der Waals surface area contributed by atoms with Gasteiger partial charge in [-0.25, -0.2) is 13.8 Å². The lowest BCUT2D eigenvalue weighted by Gasteiger charge is -2.13. The predicted molar refractivity (Wildman–Crippen MR) is 110 cm³/mol. The topological polar surface area (TPSA) is 87.1 Å². The van der Waals surface area contributed by atoms with Crippen LogP contribution in [0, 0.1) is 17.6 Å². The number of aromatic nitrogens is 2. The molecular formula is C21H20F2N4O2S. The second-order valence-electron chi connectivity index (χ2n) is 7.22. The maximum Gasteiger partial charge on any atom is 0.275 e. The number of amides is 1. The standard InChI is InChI=1S/C21H20F2N4O2S/c22-15-2-1-3-16(23)19(15)21-27-18(11-30-21)20(29)26-17-9-24-5-4-13(17)6-12-7-14(10-28)25-8-12/h1-5,9,11-12,14,25,28H,6-8,10H2,(H,26,29). The summed E-state index contributed by atoms with van der Waals surface area (Å²) in [5.41, 5.74) is 1.34. The van der Waals surface area contributed by atoms with Crippen molar-refractivity contribution in [2.75, 3.05) is 18.5 Å². The van der Waals surface area contributed by atoms with Crippen LogP contribution in [-0.4, -0.2) is 40.2 Å². The first kappa shape index (κ1) is 20.5. The molecule has 0 spiro atoms. The molecular weight excluding hydrogens is 410 g/mol. The minimum absolute atomic E-state index is 0.0790. The number of halogens is 2. The lowest BCUT2D eigenvalue weighted by Crippen LogP contribution is -2.24. The first-order valence-electron chi connectivity index (χ1n) is 9.53. The van der Waals surface area contributed by atoms with Gasteiger partial charge in [-0.2, -0.15) is 0 Å². The van der Waals surface area contributed by atoms with Gasteiger partial charge in [0.2, 0.25) is 0 Å². The van der Waals surface area contributed by atoms with Crippen LogP contribution in [0.3, 0.4) is 0 Å². The molecule has 2 unspecified atom stereocenters. The SMILES string of the molecule is O=C(Nc1cnccc1CC1CNC(CO)C1)c1csc(-c2c(F)cccc2F)n1. The van der Waals surface area contributed by atoms with E-state index < -0.39 is 17.5 Å². The number of aliphatic hydroxyl groups is 1. The normalized spacial score (nSPS) is 18.5. The Hall–Kier alpha value is -2.75. The lowest BCUT2D eigenvalue weighted by molar-refractivity contribution is 0.102. The van der Waals surface area contributed by atoms with Crippen LogP contribution in [0.2, 0.25) is 0 Å². The van der Waals surface area contributed by atoms with Gasteiger partial charge in [0, 0.05) is 17.6 Å². The highest BCUT2D eigenvalue weighted by atomic mass is 32.1. The Morgan fingerprint density at radius 1 is 1.30 bits per heavy atom. The van der Waals surface area contributed by atoms with Gasteiger partial charge in [0.25, 0.3) is 5.91 Å². The van der Waals surface area contributed by atoms with Crippen molar-refractivity contribution in [1.82, 2.24) is 15.3 Å². The van der Waals surface area contributed by atoms with Gasteiger partial charge in [-0.05, 0) is 49.1 Å². The molecule has 3 N–H and O–H groups in total. The summed E-state index contributed by atoms with van der Waals surface area (Å²) in [4.78, 5) is 20.9. The van der Waals surface area contributed by atoms with E-state index in [-0.39, 0.29) is 28.9 Å². The summed E-state index contributed by atoms with van der Waals surface area (Å²) < 4.78 is 28.0. The van der Waals surface area contributed by atoms with Gasteiger partial charge in [0.05, 0.1) is 24.1 Å². The van der Waals surface area contributed by atoms with Crippen molar-refractivity contribution in [1.29, 1.82) is 0 Å². The number of nitrogens with one attached hydrogen (secondary N) is 2. The van der Waals surface area contributed by atoms with Gasteiger partial charge in [0.15, 0.2) is 0 Å². The smallest absolute Gasteiger partial charge is 0.275 e. The van der Waals surface area contributed by atoms with E-state index in [2.05, 4.69) is 20.6 Å². The molecule has 1 amide bonds. The maximum absolute atomic E-state index is 14.0.